The molecule has 2 rings (SSSR count). The molecule has 0 amide bonds. The first-order valence-electron chi connectivity index (χ1n) is 5.83. The van der Waals surface area contributed by atoms with E-state index in [2.05, 4.69) is 5.32 Å². The van der Waals surface area contributed by atoms with Gasteiger partial charge in [0.05, 0.1) is 4.92 Å². The molecule has 98 valence electrons. The Morgan fingerprint density at radius 2 is 1.68 bits per heavy atom. The van der Waals surface area contributed by atoms with Gasteiger partial charge >= 0.3 is 0 Å². The average Bonchev–Trinajstić information content (AvgIpc) is 2.40. The molecule has 0 radical (unpaired) electrons. The van der Waals surface area contributed by atoms with E-state index in [4.69, 9.17) is 0 Å². The third-order valence-electron chi connectivity index (χ3n) is 2.83. The van der Waals surface area contributed by atoms with E-state index in [1.165, 1.54) is 24.3 Å². The summed E-state index contributed by atoms with van der Waals surface area (Å²) in [5, 5.41) is 13.7. The monoisotopic (exact) mass is 260 g/mol. The maximum atomic E-state index is 12.8. The van der Waals surface area contributed by atoms with Crippen LogP contribution in [0, 0.1) is 15.9 Å². The lowest BCUT2D eigenvalue weighted by molar-refractivity contribution is -0.384. The van der Waals surface area contributed by atoms with Crippen molar-refractivity contribution in [3.05, 3.63) is 70.0 Å². The van der Waals surface area contributed by atoms with E-state index in [1.807, 2.05) is 6.92 Å². The summed E-state index contributed by atoms with van der Waals surface area (Å²) in [7, 11) is 0. The molecule has 0 fully saturated rings. The zero-order valence-corrected chi connectivity index (χ0v) is 10.3. The molecule has 0 bridgehead atoms. The van der Waals surface area contributed by atoms with Crippen LogP contribution in [0.15, 0.2) is 48.5 Å². The predicted octanol–water partition coefficient (Wildman–Crippen LogP) is 3.91. The number of nitro benzene ring substituents is 1. The summed E-state index contributed by atoms with van der Waals surface area (Å²) in [4.78, 5) is 10.1. The molecule has 5 heteroatoms. The summed E-state index contributed by atoms with van der Waals surface area (Å²) in [6.45, 7) is 1.94. The number of non-ortho nitro benzene ring substituents is 1. The van der Waals surface area contributed by atoms with Crippen LogP contribution in [-0.2, 0) is 0 Å². The van der Waals surface area contributed by atoms with E-state index in [0.717, 1.165) is 11.3 Å². The molecule has 2 aromatic rings. The zero-order chi connectivity index (χ0) is 13.8. The number of nitrogens with zero attached hydrogens (tertiary/aromatic N) is 1. The minimum absolute atomic E-state index is 0.0120. The first-order valence-corrected chi connectivity index (χ1v) is 5.83. The lowest BCUT2D eigenvalue weighted by Gasteiger charge is -2.15. The minimum Gasteiger partial charge on any atom is -0.379 e. The number of nitrogens with one attached hydrogen (secondary N) is 1. The second-order valence-corrected chi connectivity index (χ2v) is 4.22. The SMILES string of the molecule is CC(Nc1ccc([N+](=O)[O-])cc1)c1ccc(F)cc1. The summed E-state index contributed by atoms with van der Waals surface area (Å²) in [6.07, 6.45) is 0. The van der Waals surface area contributed by atoms with Gasteiger partial charge in [0.25, 0.3) is 5.69 Å². The molecule has 0 aromatic heterocycles. The van der Waals surface area contributed by atoms with Crippen LogP contribution in [0.2, 0.25) is 0 Å². The summed E-state index contributed by atoms with van der Waals surface area (Å²) in [5.41, 5.74) is 1.78. The fourth-order valence-electron chi connectivity index (χ4n) is 1.76. The van der Waals surface area contributed by atoms with Crippen molar-refractivity contribution in [1.82, 2.24) is 0 Å². The van der Waals surface area contributed by atoms with Crippen molar-refractivity contribution in [2.45, 2.75) is 13.0 Å². The number of hydrogen-bond acceptors (Lipinski definition) is 3. The van der Waals surface area contributed by atoms with Crippen molar-refractivity contribution in [3.63, 3.8) is 0 Å². The van der Waals surface area contributed by atoms with Gasteiger partial charge in [-0.25, -0.2) is 4.39 Å². The highest BCUT2D eigenvalue weighted by Gasteiger charge is 2.07. The van der Waals surface area contributed by atoms with E-state index in [1.54, 1.807) is 24.3 Å². The number of benzene rings is 2. The van der Waals surface area contributed by atoms with Crippen molar-refractivity contribution in [2.24, 2.45) is 0 Å². The van der Waals surface area contributed by atoms with Crippen LogP contribution >= 0.6 is 0 Å². The third kappa shape index (κ3) is 3.28. The molecule has 1 atom stereocenters. The van der Waals surface area contributed by atoms with E-state index in [9.17, 15) is 14.5 Å². The summed E-state index contributed by atoms with van der Waals surface area (Å²) in [6, 6.07) is 12.4. The van der Waals surface area contributed by atoms with Crippen LogP contribution in [0.25, 0.3) is 0 Å². The van der Waals surface area contributed by atoms with E-state index in [0.29, 0.717) is 0 Å². The Morgan fingerprint density at radius 3 is 2.21 bits per heavy atom. The Morgan fingerprint density at radius 1 is 1.11 bits per heavy atom. The molecule has 4 nitrogen and oxygen atoms in total. The first-order chi connectivity index (χ1) is 9.06. The number of nitro groups is 1. The standard InChI is InChI=1S/C14H13FN2O2/c1-10(11-2-4-12(15)5-3-11)16-13-6-8-14(9-7-13)17(18)19/h2-10,16H,1H3. The number of rotatable bonds is 4. The quantitative estimate of drug-likeness (QED) is 0.669. The van der Waals surface area contributed by atoms with Gasteiger partial charge in [0.2, 0.25) is 0 Å². The Kier molecular flexibility index (Phi) is 3.75. The number of hydrogen-bond donors (Lipinski definition) is 1. The van der Waals surface area contributed by atoms with Gasteiger partial charge in [-0.2, -0.15) is 0 Å². The fourth-order valence-corrected chi connectivity index (χ4v) is 1.76. The molecule has 0 heterocycles. The van der Waals surface area contributed by atoms with Gasteiger partial charge in [0.15, 0.2) is 0 Å². The second-order valence-electron chi connectivity index (χ2n) is 4.22. The number of halogens is 1. The maximum absolute atomic E-state index is 12.8. The van der Waals surface area contributed by atoms with E-state index >= 15 is 0 Å². The highest BCUT2D eigenvalue weighted by atomic mass is 19.1. The van der Waals surface area contributed by atoms with Crippen molar-refractivity contribution >= 4 is 11.4 Å². The topological polar surface area (TPSA) is 55.2 Å². The lowest BCUT2D eigenvalue weighted by Crippen LogP contribution is -2.06. The Labute approximate surface area is 110 Å². The molecule has 0 aliphatic heterocycles. The van der Waals surface area contributed by atoms with Gasteiger partial charge in [-0.1, -0.05) is 12.1 Å². The van der Waals surface area contributed by atoms with Gasteiger partial charge < -0.3 is 5.32 Å². The maximum Gasteiger partial charge on any atom is 0.269 e. The largest absolute Gasteiger partial charge is 0.379 e. The molecule has 1 N–H and O–H groups in total. The molecule has 0 saturated carbocycles. The molecule has 0 aliphatic carbocycles. The molecule has 19 heavy (non-hydrogen) atoms. The minimum atomic E-state index is -0.437. The lowest BCUT2D eigenvalue weighted by atomic mass is 10.1. The molecule has 1 unspecified atom stereocenters. The van der Waals surface area contributed by atoms with Crippen LogP contribution in [0.1, 0.15) is 18.5 Å². The van der Waals surface area contributed by atoms with Crippen LogP contribution in [0.3, 0.4) is 0 Å². The molecule has 0 spiro atoms. The van der Waals surface area contributed by atoms with Gasteiger partial charge in [-0.3, -0.25) is 10.1 Å². The van der Waals surface area contributed by atoms with Crippen molar-refractivity contribution in [3.8, 4) is 0 Å². The van der Waals surface area contributed by atoms with E-state index in [-0.39, 0.29) is 17.5 Å². The van der Waals surface area contributed by atoms with Gasteiger partial charge in [0.1, 0.15) is 5.82 Å². The van der Waals surface area contributed by atoms with Crippen LogP contribution in [0.5, 0.6) is 0 Å². The fraction of sp³-hybridized carbons (Fsp3) is 0.143. The second kappa shape index (κ2) is 5.48. The van der Waals surface area contributed by atoms with Crippen molar-refractivity contribution in [2.75, 3.05) is 5.32 Å². The smallest absolute Gasteiger partial charge is 0.269 e. The normalized spacial score (nSPS) is 11.9. The van der Waals surface area contributed by atoms with Crippen molar-refractivity contribution in [1.29, 1.82) is 0 Å². The Balaban J connectivity index is 2.08. The summed E-state index contributed by atoms with van der Waals surface area (Å²) < 4.78 is 12.8. The summed E-state index contributed by atoms with van der Waals surface area (Å²) >= 11 is 0. The third-order valence-corrected chi connectivity index (χ3v) is 2.83. The predicted molar refractivity (Wildman–Crippen MR) is 71.5 cm³/mol. The van der Waals surface area contributed by atoms with Crippen LogP contribution in [-0.4, -0.2) is 4.92 Å². The first kappa shape index (κ1) is 13.0. The van der Waals surface area contributed by atoms with Gasteiger partial charge in [-0.05, 0) is 36.8 Å². The number of anilines is 1. The molecule has 2 aromatic carbocycles. The van der Waals surface area contributed by atoms with Crippen LogP contribution < -0.4 is 5.32 Å². The van der Waals surface area contributed by atoms with E-state index < -0.39 is 4.92 Å². The highest BCUT2D eigenvalue weighted by Crippen LogP contribution is 2.21. The summed E-state index contributed by atoms with van der Waals surface area (Å²) in [5.74, 6) is -0.272. The van der Waals surface area contributed by atoms with Crippen LogP contribution in [0.4, 0.5) is 15.8 Å². The van der Waals surface area contributed by atoms with Gasteiger partial charge in [-0.15, -0.1) is 0 Å². The molecule has 0 aliphatic rings. The average molecular weight is 260 g/mol. The molecular formula is C14H13FN2O2. The van der Waals surface area contributed by atoms with Gasteiger partial charge in [0, 0.05) is 23.9 Å². The Bertz CT molecular complexity index is 567. The Hall–Kier alpha value is -2.43. The molecular weight excluding hydrogens is 247 g/mol. The zero-order valence-electron chi connectivity index (χ0n) is 10.3. The highest BCUT2D eigenvalue weighted by molar-refractivity contribution is 5.49. The molecule has 0 saturated heterocycles. The van der Waals surface area contributed by atoms with Crippen molar-refractivity contribution < 1.29 is 9.31 Å².